The molecule has 2 aromatic carbocycles. The van der Waals surface area contributed by atoms with Gasteiger partial charge in [0.05, 0.1) is 6.61 Å². The normalized spacial score (nSPS) is 11.5. The number of para-hydroxylation sites is 1. The molecule has 0 atom stereocenters. The number of nitrogens with zero attached hydrogens (tertiary/aromatic N) is 2. The standard InChI is InChI=1S/C20H17N3O3S2/c1-2-26-17-10-3-4-11-18(17)28(24,25)23-15-8-5-7-14(13-15)19-22-16-9-6-12-21-20(16)27-19/h3-13,23H,2H2,1H3. The first-order chi connectivity index (χ1) is 13.6. The number of thiazole rings is 1. The van der Waals surface area contributed by atoms with Crippen LogP contribution in [-0.2, 0) is 10.0 Å². The highest BCUT2D eigenvalue weighted by atomic mass is 32.2. The number of hydrogen-bond acceptors (Lipinski definition) is 6. The molecule has 4 rings (SSSR count). The number of benzene rings is 2. The Morgan fingerprint density at radius 1 is 1.07 bits per heavy atom. The first kappa shape index (κ1) is 18.4. The molecule has 0 aliphatic rings. The molecule has 4 aromatic rings. The Hall–Kier alpha value is -2.97. The van der Waals surface area contributed by atoms with Gasteiger partial charge in [-0.15, -0.1) is 0 Å². The van der Waals surface area contributed by atoms with Gasteiger partial charge < -0.3 is 4.74 Å². The Balaban J connectivity index is 1.66. The van der Waals surface area contributed by atoms with Gasteiger partial charge in [-0.2, -0.15) is 0 Å². The summed E-state index contributed by atoms with van der Waals surface area (Å²) in [5, 5.41) is 0.782. The lowest BCUT2D eigenvalue weighted by molar-refractivity contribution is 0.331. The van der Waals surface area contributed by atoms with Crippen molar-refractivity contribution in [2.24, 2.45) is 0 Å². The van der Waals surface area contributed by atoms with E-state index in [0.29, 0.717) is 18.0 Å². The maximum atomic E-state index is 12.9. The second-order valence-corrected chi connectivity index (χ2v) is 8.54. The molecule has 2 heterocycles. The van der Waals surface area contributed by atoms with E-state index in [1.807, 2.05) is 25.1 Å². The molecule has 0 unspecified atom stereocenters. The predicted octanol–water partition coefficient (Wildman–Crippen LogP) is 4.56. The van der Waals surface area contributed by atoms with Crippen molar-refractivity contribution >= 4 is 37.4 Å². The third-order valence-corrected chi connectivity index (χ3v) is 6.42. The van der Waals surface area contributed by atoms with Gasteiger partial charge in [0, 0.05) is 17.4 Å². The lowest BCUT2D eigenvalue weighted by Gasteiger charge is -2.12. The topological polar surface area (TPSA) is 81.2 Å². The van der Waals surface area contributed by atoms with Crippen LogP contribution in [0.15, 0.2) is 71.8 Å². The van der Waals surface area contributed by atoms with Gasteiger partial charge in [0.1, 0.15) is 26.0 Å². The van der Waals surface area contributed by atoms with Gasteiger partial charge >= 0.3 is 0 Å². The van der Waals surface area contributed by atoms with Gasteiger partial charge in [0.25, 0.3) is 10.0 Å². The highest BCUT2D eigenvalue weighted by Crippen LogP contribution is 2.31. The van der Waals surface area contributed by atoms with E-state index >= 15 is 0 Å². The summed E-state index contributed by atoms with van der Waals surface area (Å²) < 4.78 is 33.8. The minimum absolute atomic E-state index is 0.103. The predicted molar refractivity (Wildman–Crippen MR) is 111 cm³/mol. The lowest BCUT2D eigenvalue weighted by Crippen LogP contribution is -2.14. The molecule has 0 spiro atoms. The zero-order valence-corrected chi connectivity index (χ0v) is 16.6. The Labute approximate surface area is 166 Å². The molecule has 8 heteroatoms. The van der Waals surface area contributed by atoms with E-state index in [2.05, 4.69) is 14.7 Å². The summed E-state index contributed by atoms with van der Waals surface area (Å²) in [6, 6.07) is 17.5. The van der Waals surface area contributed by atoms with Crippen LogP contribution in [0.3, 0.4) is 0 Å². The van der Waals surface area contributed by atoms with Crippen LogP contribution in [0.25, 0.3) is 20.9 Å². The van der Waals surface area contributed by atoms with Crippen molar-refractivity contribution in [1.82, 2.24) is 9.97 Å². The summed E-state index contributed by atoms with van der Waals surface area (Å²) in [4.78, 5) is 9.83. The second kappa shape index (κ2) is 7.57. The minimum atomic E-state index is -3.79. The molecule has 28 heavy (non-hydrogen) atoms. The average molecular weight is 412 g/mol. The molecule has 0 aliphatic heterocycles. The summed E-state index contributed by atoms with van der Waals surface area (Å²) in [7, 11) is -3.79. The lowest BCUT2D eigenvalue weighted by atomic mass is 10.2. The summed E-state index contributed by atoms with van der Waals surface area (Å²) >= 11 is 1.46. The largest absolute Gasteiger partial charge is 0.492 e. The van der Waals surface area contributed by atoms with E-state index in [1.54, 1.807) is 42.6 Å². The molecule has 0 amide bonds. The fourth-order valence-electron chi connectivity index (χ4n) is 2.77. The van der Waals surface area contributed by atoms with Crippen molar-refractivity contribution in [3.63, 3.8) is 0 Å². The molecule has 0 fully saturated rings. The average Bonchev–Trinajstić information content (AvgIpc) is 3.13. The molecule has 0 saturated carbocycles. The van der Waals surface area contributed by atoms with E-state index < -0.39 is 10.0 Å². The zero-order chi connectivity index (χ0) is 19.6. The van der Waals surface area contributed by atoms with Crippen LogP contribution in [0, 0.1) is 0 Å². The van der Waals surface area contributed by atoms with Gasteiger partial charge in [-0.05, 0) is 43.3 Å². The summed E-state index contributed by atoms with van der Waals surface area (Å²) in [6.45, 7) is 2.20. The first-order valence-corrected chi connectivity index (χ1v) is 10.9. The Morgan fingerprint density at radius 2 is 1.93 bits per heavy atom. The number of rotatable bonds is 6. The van der Waals surface area contributed by atoms with Gasteiger partial charge in [0.15, 0.2) is 0 Å². The van der Waals surface area contributed by atoms with Crippen LogP contribution >= 0.6 is 11.3 Å². The van der Waals surface area contributed by atoms with E-state index in [1.165, 1.54) is 17.4 Å². The van der Waals surface area contributed by atoms with Crippen LogP contribution in [0.2, 0.25) is 0 Å². The molecule has 0 bridgehead atoms. The SMILES string of the molecule is CCOc1ccccc1S(=O)(=O)Nc1cccc(-c2nc3cccnc3s2)c1. The first-order valence-electron chi connectivity index (χ1n) is 8.63. The fraction of sp³-hybridized carbons (Fsp3) is 0.100. The molecular formula is C20H17N3O3S2. The van der Waals surface area contributed by atoms with Crippen molar-refractivity contribution < 1.29 is 13.2 Å². The van der Waals surface area contributed by atoms with E-state index in [4.69, 9.17) is 4.74 Å². The number of ether oxygens (including phenoxy) is 1. The van der Waals surface area contributed by atoms with E-state index in [-0.39, 0.29) is 4.90 Å². The monoisotopic (exact) mass is 411 g/mol. The quantitative estimate of drug-likeness (QED) is 0.503. The van der Waals surface area contributed by atoms with Crippen molar-refractivity contribution in [2.75, 3.05) is 11.3 Å². The maximum Gasteiger partial charge on any atom is 0.265 e. The number of pyridine rings is 1. The van der Waals surface area contributed by atoms with Crippen molar-refractivity contribution in [1.29, 1.82) is 0 Å². The van der Waals surface area contributed by atoms with Crippen molar-refractivity contribution in [3.8, 4) is 16.3 Å². The Kier molecular flexibility index (Phi) is 4.97. The van der Waals surface area contributed by atoms with Gasteiger partial charge in [-0.25, -0.2) is 18.4 Å². The highest BCUT2D eigenvalue weighted by molar-refractivity contribution is 7.92. The van der Waals surface area contributed by atoms with Crippen molar-refractivity contribution in [2.45, 2.75) is 11.8 Å². The van der Waals surface area contributed by atoms with Crippen LogP contribution in [0.5, 0.6) is 5.75 Å². The van der Waals surface area contributed by atoms with Crippen LogP contribution < -0.4 is 9.46 Å². The van der Waals surface area contributed by atoms with E-state index in [9.17, 15) is 8.42 Å². The Bertz CT molecular complexity index is 1200. The number of nitrogens with one attached hydrogen (secondary N) is 1. The zero-order valence-electron chi connectivity index (χ0n) is 15.0. The molecule has 0 saturated heterocycles. The Morgan fingerprint density at radius 3 is 2.75 bits per heavy atom. The molecule has 6 nitrogen and oxygen atoms in total. The summed E-state index contributed by atoms with van der Waals surface area (Å²) in [5.74, 6) is 0.325. The van der Waals surface area contributed by atoms with E-state index in [0.717, 1.165) is 20.9 Å². The van der Waals surface area contributed by atoms with Gasteiger partial charge in [0.2, 0.25) is 0 Å². The molecule has 2 aromatic heterocycles. The van der Waals surface area contributed by atoms with Crippen LogP contribution in [0.4, 0.5) is 5.69 Å². The van der Waals surface area contributed by atoms with Gasteiger partial charge in [-0.3, -0.25) is 4.72 Å². The van der Waals surface area contributed by atoms with Crippen molar-refractivity contribution in [3.05, 3.63) is 66.9 Å². The summed E-state index contributed by atoms with van der Waals surface area (Å²) in [6.07, 6.45) is 1.73. The number of fused-ring (bicyclic) bond motifs is 1. The number of anilines is 1. The second-order valence-electron chi connectivity index (χ2n) is 5.91. The molecule has 0 radical (unpaired) electrons. The third-order valence-electron chi connectivity index (χ3n) is 3.97. The molecular weight excluding hydrogens is 394 g/mol. The molecule has 142 valence electrons. The minimum Gasteiger partial charge on any atom is -0.492 e. The van der Waals surface area contributed by atoms with Crippen LogP contribution in [-0.4, -0.2) is 25.0 Å². The smallest absolute Gasteiger partial charge is 0.265 e. The fourth-order valence-corrected chi connectivity index (χ4v) is 4.87. The number of aromatic nitrogens is 2. The highest BCUT2D eigenvalue weighted by Gasteiger charge is 2.19. The number of hydrogen-bond donors (Lipinski definition) is 1. The van der Waals surface area contributed by atoms with Gasteiger partial charge in [-0.1, -0.05) is 35.6 Å². The molecule has 1 N–H and O–H groups in total. The summed E-state index contributed by atoms with van der Waals surface area (Å²) in [5.41, 5.74) is 2.09. The molecule has 0 aliphatic carbocycles. The number of sulfonamides is 1. The third kappa shape index (κ3) is 3.69. The van der Waals surface area contributed by atoms with Crippen LogP contribution in [0.1, 0.15) is 6.92 Å². The maximum absolute atomic E-state index is 12.9.